The molecule has 0 aliphatic carbocycles. The van der Waals surface area contributed by atoms with Gasteiger partial charge in [0.25, 0.3) is 0 Å². The second-order valence-corrected chi connectivity index (χ2v) is 3.00. The molecule has 1 amide bonds. The van der Waals surface area contributed by atoms with E-state index in [0.29, 0.717) is 11.4 Å². The van der Waals surface area contributed by atoms with Gasteiger partial charge in [-0.3, -0.25) is 4.79 Å². The molecule has 0 saturated carbocycles. The molecule has 0 aromatic carbocycles. The number of ether oxygens (including phenoxy) is 1. The summed E-state index contributed by atoms with van der Waals surface area (Å²) >= 11 is 5.81. The fourth-order valence-corrected chi connectivity index (χ4v) is 1.18. The number of hydrogen-bond donors (Lipinski definition) is 1. The van der Waals surface area contributed by atoms with Crippen molar-refractivity contribution < 1.29 is 9.53 Å². The Balaban J connectivity index is 3.11. The van der Waals surface area contributed by atoms with Crippen LogP contribution in [0, 0.1) is 6.92 Å². The predicted molar refractivity (Wildman–Crippen MR) is 52.6 cm³/mol. The molecule has 0 aliphatic rings. The van der Waals surface area contributed by atoms with Gasteiger partial charge in [0.15, 0.2) is 5.15 Å². The lowest BCUT2D eigenvalue weighted by atomic mass is 10.3. The number of nitrogens with one attached hydrogen (secondary N) is 1. The molecule has 1 aromatic rings. The number of hydrogen-bond acceptors (Lipinski definition) is 4. The number of halogens is 1. The number of aromatic nitrogens is 2. The third-order valence-electron chi connectivity index (χ3n) is 1.51. The minimum absolute atomic E-state index is 0.171. The van der Waals surface area contributed by atoms with Crippen LogP contribution in [0.15, 0.2) is 0 Å². The first-order chi connectivity index (χ1) is 6.54. The zero-order valence-electron chi connectivity index (χ0n) is 8.09. The number of methoxy groups -OCH3 is 1. The highest BCUT2D eigenvalue weighted by molar-refractivity contribution is 6.32. The molecular formula is C8H10ClN3O2. The number of rotatable bonds is 2. The summed E-state index contributed by atoms with van der Waals surface area (Å²) in [6, 6.07) is 0.182. The van der Waals surface area contributed by atoms with Gasteiger partial charge in [-0.2, -0.15) is 9.97 Å². The summed E-state index contributed by atoms with van der Waals surface area (Å²) in [4.78, 5) is 18.6. The Morgan fingerprint density at radius 2 is 2.14 bits per heavy atom. The van der Waals surface area contributed by atoms with Crippen LogP contribution in [0.2, 0.25) is 5.15 Å². The Hall–Kier alpha value is -1.36. The van der Waals surface area contributed by atoms with Crippen molar-refractivity contribution in [2.24, 2.45) is 0 Å². The molecule has 0 bridgehead atoms. The van der Waals surface area contributed by atoms with Gasteiger partial charge in [0.05, 0.1) is 12.8 Å². The summed E-state index contributed by atoms with van der Waals surface area (Å²) in [5.74, 6) is -0.219. The zero-order chi connectivity index (χ0) is 10.7. The molecule has 0 radical (unpaired) electrons. The Morgan fingerprint density at radius 1 is 1.50 bits per heavy atom. The first-order valence-corrected chi connectivity index (χ1v) is 4.28. The summed E-state index contributed by atoms with van der Waals surface area (Å²) in [6.07, 6.45) is 0. The van der Waals surface area contributed by atoms with E-state index >= 15 is 0 Å². The second kappa shape index (κ2) is 4.23. The maximum absolute atomic E-state index is 10.8. The van der Waals surface area contributed by atoms with E-state index in [1.54, 1.807) is 6.92 Å². The molecule has 0 fully saturated rings. The zero-order valence-corrected chi connectivity index (χ0v) is 8.84. The number of carbonyl (C=O) groups is 1. The Labute approximate surface area is 86.5 Å². The Morgan fingerprint density at radius 3 is 2.57 bits per heavy atom. The third-order valence-corrected chi connectivity index (χ3v) is 1.78. The Bertz CT molecular complexity index is 345. The van der Waals surface area contributed by atoms with Crippen molar-refractivity contribution in [3.63, 3.8) is 0 Å². The van der Waals surface area contributed by atoms with E-state index in [1.807, 2.05) is 0 Å². The monoisotopic (exact) mass is 215 g/mol. The van der Waals surface area contributed by atoms with Gasteiger partial charge in [-0.05, 0) is 6.92 Å². The van der Waals surface area contributed by atoms with Crippen molar-refractivity contribution in [2.45, 2.75) is 13.8 Å². The molecular weight excluding hydrogens is 206 g/mol. The van der Waals surface area contributed by atoms with Gasteiger partial charge < -0.3 is 10.1 Å². The van der Waals surface area contributed by atoms with Crippen LogP contribution in [0.1, 0.15) is 12.6 Å². The SMILES string of the molecule is COc1nc(C)c(NC(C)=O)c(Cl)n1. The summed E-state index contributed by atoms with van der Waals surface area (Å²) in [7, 11) is 1.45. The normalized spacial score (nSPS) is 9.71. The predicted octanol–water partition coefficient (Wildman–Crippen LogP) is 1.41. The lowest BCUT2D eigenvalue weighted by Crippen LogP contribution is -2.10. The lowest BCUT2D eigenvalue weighted by molar-refractivity contribution is -0.114. The highest BCUT2D eigenvalue weighted by Gasteiger charge is 2.10. The second-order valence-electron chi connectivity index (χ2n) is 2.64. The minimum Gasteiger partial charge on any atom is -0.467 e. The van der Waals surface area contributed by atoms with E-state index in [4.69, 9.17) is 16.3 Å². The highest BCUT2D eigenvalue weighted by Crippen LogP contribution is 2.24. The van der Waals surface area contributed by atoms with Crippen molar-refractivity contribution in [3.05, 3.63) is 10.8 Å². The molecule has 1 rings (SSSR count). The summed E-state index contributed by atoms with van der Waals surface area (Å²) < 4.78 is 4.82. The first-order valence-electron chi connectivity index (χ1n) is 3.90. The van der Waals surface area contributed by atoms with E-state index in [9.17, 15) is 4.79 Å². The average molecular weight is 216 g/mol. The molecule has 6 heteroatoms. The fraction of sp³-hybridized carbons (Fsp3) is 0.375. The molecule has 1 aromatic heterocycles. The standard InChI is InChI=1S/C8H10ClN3O2/c1-4-6(11-5(2)13)7(9)12-8(10-4)14-3/h1-3H3,(H,11,13). The van der Waals surface area contributed by atoms with E-state index in [2.05, 4.69) is 15.3 Å². The van der Waals surface area contributed by atoms with E-state index in [-0.39, 0.29) is 17.1 Å². The number of carbonyl (C=O) groups excluding carboxylic acids is 1. The molecule has 0 saturated heterocycles. The molecule has 5 nitrogen and oxygen atoms in total. The van der Waals surface area contributed by atoms with E-state index in [1.165, 1.54) is 14.0 Å². The maximum Gasteiger partial charge on any atom is 0.317 e. The van der Waals surface area contributed by atoms with E-state index < -0.39 is 0 Å². The van der Waals surface area contributed by atoms with Crippen LogP contribution in [-0.4, -0.2) is 23.0 Å². The van der Waals surface area contributed by atoms with Gasteiger partial charge in [-0.25, -0.2) is 0 Å². The van der Waals surface area contributed by atoms with Gasteiger partial charge in [-0.15, -0.1) is 0 Å². The van der Waals surface area contributed by atoms with Crippen LogP contribution in [0.4, 0.5) is 5.69 Å². The maximum atomic E-state index is 10.8. The molecule has 76 valence electrons. The molecule has 1 N–H and O–H groups in total. The van der Waals surface area contributed by atoms with E-state index in [0.717, 1.165) is 0 Å². The summed E-state index contributed by atoms with van der Waals surface area (Å²) in [5, 5.41) is 2.71. The van der Waals surface area contributed by atoms with Crippen LogP contribution in [0.25, 0.3) is 0 Å². The quantitative estimate of drug-likeness (QED) is 0.758. The number of anilines is 1. The van der Waals surface area contributed by atoms with Crippen molar-refractivity contribution >= 4 is 23.2 Å². The molecule has 0 atom stereocenters. The highest BCUT2D eigenvalue weighted by atomic mass is 35.5. The molecule has 0 unspecified atom stereocenters. The van der Waals surface area contributed by atoms with Gasteiger partial charge >= 0.3 is 6.01 Å². The van der Waals surface area contributed by atoms with Gasteiger partial charge in [0.1, 0.15) is 5.69 Å². The van der Waals surface area contributed by atoms with Crippen molar-refractivity contribution in [2.75, 3.05) is 12.4 Å². The lowest BCUT2D eigenvalue weighted by Gasteiger charge is -2.08. The van der Waals surface area contributed by atoms with Gasteiger partial charge in [0, 0.05) is 6.92 Å². The Kier molecular flexibility index (Phi) is 3.24. The number of aryl methyl sites for hydroxylation is 1. The average Bonchev–Trinajstić information content (AvgIpc) is 2.10. The van der Waals surface area contributed by atoms with Crippen molar-refractivity contribution in [1.82, 2.24) is 9.97 Å². The fourth-order valence-electron chi connectivity index (χ4n) is 0.923. The molecule has 14 heavy (non-hydrogen) atoms. The molecule has 0 spiro atoms. The van der Waals surface area contributed by atoms with Crippen LogP contribution >= 0.6 is 11.6 Å². The van der Waals surface area contributed by atoms with Gasteiger partial charge in [0.2, 0.25) is 5.91 Å². The van der Waals surface area contributed by atoms with Crippen molar-refractivity contribution in [3.8, 4) is 6.01 Å². The smallest absolute Gasteiger partial charge is 0.317 e. The van der Waals surface area contributed by atoms with Crippen LogP contribution in [0.5, 0.6) is 6.01 Å². The topological polar surface area (TPSA) is 64.1 Å². The van der Waals surface area contributed by atoms with Crippen LogP contribution < -0.4 is 10.1 Å². The van der Waals surface area contributed by atoms with Gasteiger partial charge in [-0.1, -0.05) is 11.6 Å². The van der Waals surface area contributed by atoms with Crippen LogP contribution in [0.3, 0.4) is 0 Å². The largest absolute Gasteiger partial charge is 0.467 e. The molecule has 0 aliphatic heterocycles. The number of amides is 1. The first kappa shape index (κ1) is 10.7. The van der Waals surface area contributed by atoms with Crippen LogP contribution in [-0.2, 0) is 4.79 Å². The number of nitrogens with zero attached hydrogens (tertiary/aromatic N) is 2. The summed E-state index contributed by atoms with van der Waals surface area (Å²) in [6.45, 7) is 3.10. The van der Waals surface area contributed by atoms with Crippen molar-refractivity contribution in [1.29, 1.82) is 0 Å². The minimum atomic E-state index is -0.219. The molecule has 1 heterocycles. The third kappa shape index (κ3) is 2.32. The summed E-state index contributed by atoms with van der Waals surface area (Å²) in [5.41, 5.74) is 0.983.